The fourth-order valence-electron chi connectivity index (χ4n) is 0.638. The number of rotatable bonds is 0. The van der Waals surface area contributed by atoms with E-state index in [1.807, 2.05) is 0 Å². The van der Waals surface area contributed by atoms with Gasteiger partial charge in [-0.1, -0.05) is 0 Å². The van der Waals surface area contributed by atoms with Crippen LogP contribution in [0.5, 0.6) is 0 Å². The summed E-state index contributed by atoms with van der Waals surface area (Å²) in [7, 11) is 1.10. The molecule has 7 heavy (non-hydrogen) atoms. The van der Waals surface area contributed by atoms with Crippen molar-refractivity contribution in [3.8, 4) is 0 Å². The highest BCUT2D eigenvalue weighted by Crippen LogP contribution is 2.14. The van der Waals surface area contributed by atoms with E-state index < -0.39 is 0 Å². The Morgan fingerprint density at radius 1 is 1.86 bits per heavy atom. The fraction of sp³-hybridized carbons (Fsp3) is 0.750. The number of cyclic esters (lactones) is 1. The largest absolute Gasteiger partial charge is 0.466 e. The highest BCUT2D eigenvalue weighted by Gasteiger charge is 2.18. The summed E-state index contributed by atoms with van der Waals surface area (Å²) in [5, 5.41) is 0. The van der Waals surface area contributed by atoms with Crippen LogP contribution in [0.3, 0.4) is 0 Å². The van der Waals surface area contributed by atoms with Crippen molar-refractivity contribution in [1.82, 2.24) is 0 Å². The van der Waals surface area contributed by atoms with Gasteiger partial charge in [-0.3, -0.25) is 4.79 Å². The first-order chi connectivity index (χ1) is 3.29. The van der Waals surface area contributed by atoms with Crippen LogP contribution in [0, 0.1) is 0 Å². The zero-order valence-electron chi connectivity index (χ0n) is 4.31. The SMILES string of the molecule is O=C1CC([SiH3])CO1. The minimum atomic E-state index is -0.0139. The summed E-state index contributed by atoms with van der Waals surface area (Å²) in [5.74, 6) is -0.0139. The van der Waals surface area contributed by atoms with Crippen LogP contribution in [-0.2, 0) is 9.53 Å². The number of carbonyl (C=O) groups excluding carboxylic acids is 1. The molecular formula is C4H8O2Si. The number of carbonyl (C=O) groups is 1. The fourth-order valence-corrected chi connectivity index (χ4v) is 1.14. The first kappa shape index (κ1) is 4.84. The minimum Gasteiger partial charge on any atom is -0.466 e. The molecule has 0 N–H and O–H groups in total. The third kappa shape index (κ3) is 1.02. The van der Waals surface area contributed by atoms with Crippen LogP contribution >= 0.6 is 0 Å². The monoisotopic (exact) mass is 116 g/mol. The Morgan fingerprint density at radius 3 is 2.71 bits per heavy atom. The van der Waals surface area contributed by atoms with Gasteiger partial charge in [0.25, 0.3) is 0 Å². The first-order valence-corrected chi connectivity index (χ1v) is 3.60. The topological polar surface area (TPSA) is 26.3 Å². The number of hydrogen-bond donors (Lipinski definition) is 0. The van der Waals surface area contributed by atoms with Crippen LogP contribution in [0.4, 0.5) is 0 Å². The van der Waals surface area contributed by atoms with Gasteiger partial charge in [0.15, 0.2) is 0 Å². The molecule has 0 aromatic heterocycles. The number of hydrogen-bond acceptors (Lipinski definition) is 2. The predicted molar refractivity (Wildman–Crippen MR) is 29.3 cm³/mol. The predicted octanol–water partition coefficient (Wildman–Crippen LogP) is -0.913. The summed E-state index contributed by atoms with van der Waals surface area (Å²) in [4.78, 5) is 10.3. The molecule has 2 nitrogen and oxygen atoms in total. The van der Waals surface area contributed by atoms with Gasteiger partial charge in [-0.05, 0) is 5.54 Å². The minimum absolute atomic E-state index is 0.0139. The van der Waals surface area contributed by atoms with E-state index >= 15 is 0 Å². The van der Waals surface area contributed by atoms with Crippen molar-refractivity contribution in [2.45, 2.75) is 12.0 Å². The van der Waals surface area contributed by atoms with E-state index in [9.17, 15) is 4.79 Å². The van der Waals surface area contributed by atoms with Crippen molar-refractivity contribution in [3.63, 3.8) is 0 Å². The number of ether oxygens (including phenoxy) is 1. The molecule has 1 heterocycles. The van der Waals surface area contributed by atoms with Gasteiger partial charge in [0.1, 0.15) is 0 Å². The number of esters is 1. The lowest BCUT2D eigenvalue weighted by molar-refractivity contribution is -0.137. The van der Waals surface area contributed by atoms with Gasteiger partial charge in [-0.15, -0.1) is 0 Å². The highest BCUT2D eigenvalue weighted by atomic mass is 28.1. The van der Waals surface area contributed by atoms with Crippen LogP contribution in [0.25, 0.3) is 0 Å². The van der Waals surface area contributed by atoms with Crippen molar-refractivity contribution in [3.05, 3.63) is 0 Å². The first-order valence-electron chi connectivity index (χ1n) is 2.44. The molecule has 40 valence electrons. The molecule has 1 atom stereocenters. The van der Waals surface area contributed by atoms with Crippen molar-refractivity contribution < 1.29 is 9.53 Å². The van der Waals surface area contributed by atoms with Crippen molar-refractivity contribution in [2.24, 2.45) is 0 Å². The second-order valence-electron chi connectivity index (χ2n) is 1.99. The molecule has 0 amide bonds. The van der Waals surface area contributed by atoms with Gasteiger partial charge in [0.2, 0.25) is 0 Å². The Labute approximate surface area is 45.3 Å². The van der Waals surface area contributed by atoms with Gasteiger partial charge in [0.05, 0.1) is 6.61 Å². The third-order valence-corrected chi connectivity index (χ3v) is 1.79. The van der Waals surface area contributed by atoms with Crippen LogP contribution in [0.2, 0.25) is 5.54 Å². The molecule has 1 fully saturated rings. The second-order valence-corrected chi connectivity index (χ2v) is 3.63. The normalized spacial score (nSPS) is 30.9. The van der Waals surface area contributed by atoms with Crippen molar-refractivity contribution in [1.29, 1.82) is 0 Å². The van der Waals surface area contributed by atoms with Crippen LogP contribution in [0.15, 0.2) is 0 Å². The summed E-state index contributed by atoms with van der Waals surface area (Å²) >= 11 is 0. The summed E-state index contributed by atoms with van der Waals surface area (Å²) < 4.78 is 4.66. The summed E-state index contributed by atoms with van der Waals surface area (Å²) in [6.07, 6.45) is 0.673. The molecule has 1 saturated heterocycles. The maximum Gasteiger partial charge on any atom is 0.305 e. The molecule has 0 radical (unpaired) electrons. The average Bonchev–Trinajstić information content (AvgIpc) is 1.87. The molecule has 0 aromatic carbocycles. The van der Waals surface area contributed by atoms with E-state index in [1.165, 1.54) is 0 Å². The van der Waals surface area contributed by atoms with Crippen molar-refractivity contribution >= 4 is 16.2 Å². The highest BCUT2D eigenvalue weighted by molar-refractivity contribution is 6.13. The Bertz CT molecular complexity index is 91.7. The zero-order valence-corrected chi connectivity index (χ0v) is 6.31. The molecule has 3 heteroatoms. The molecule has 0 aromatic rings. The van der Waals surface area contributed by atoms with Gasteiger partial charge in [-0.25, -0.2) is 0 Å². The maximum absolute atomic E-state index is 10.3. The molecule has 1 aliphatic rings. The second kappa shape index (κ2) is 1.66. The van der Waals surface area contributed by atoms with Crippen LogP contribution in [0.1, 0.15) is 6.42 Å². The molecule has 0 spiro atoms. The molecule has 0 bridgehead atoms. The lowest BCUT2D eigenvalue weighted by Crippen LogP contribution is -1.88. The lowest BCUT2D eigenvalue weighted by Gasteiger charge is -1.87. The van der Waals surface area contributed by atoms with E-state index in [0.29, 0.717) is 18.6 Å². The lowest BCUT2D eigenvalue weighted by atomic mass is 10.4. The van der Waals surface area contributed by atoms with E-state index in [1.54, 1.807) is 0 Å². The zero-order chi connectivity index (χ0) is 5.28. The van der Waals surface area contributed by atoms with Crippen LogP contribution in [-0.4, -0.2) is 22.8 Å². The van der Waals surface area contributed by atoms with Gasteiger partial charge in [-0.2, -0.15) is 0 Å². The van der Waals surface area contributed by atoms with E-state index in [-0.39, 0.29) is 5.97 Å². The van der Waals surface area contributed by atoms with Crippen LogP contribution < -0.4 is 0 Å². The molecule has 0 aliphatic carbocycles. The summed E-state index contributed by atoms with van der Waals surface area (Å²) in [6, 6.07) is 0. The quantitative estimate of drug-likeness (QED) is 0.302. The standard InChI is InChI=1S/C4H8O2Si/c5-4-1-3(7)2-6-4/h3H,1-2H2,7H3. The summed E-state index contributed by atoms with van der Waals surface area (Å²) in [6.45, 7) is 0.686. The van der Waals surface area contributed by atoms with Gasteiger partial charge in [0, 0.05) is 16.7 Å². The Kier molecular flexibility index (Phi) is 1.14. The van der Waals surface area contributed by atoms with Crippen molar-refractivity contribution in [2.75, 3.05) is 6.61 Å². The smallest absolute Gasteiger partial charge is 0.305 e. The Balaban J connectivity index is 2.40. The Hall–Kier alpha value is -0.313. The average molecular weight is 116 g/mol. The maximum atomic E-state index is 10.3. The van der Waals surface area contributed by atoms with Gasteiger partial charge >= 0.3 is 5.97 Å². The summed E-state index contributed by atoms with van der Waals surface area (Å²) in [5.41, 5.74) is 0.590. The molecule has 1 aliphatic heterocycles. The Morgan fingerprint density at radius 2 is 2.57 bits per heavy atom. The van der Waals surface area contributed by atoms with E-state index in [2.05, 4.69) is 4.74 Å². The molecule has 1 rings (SSSR count). The third-order valence-electron chi connectivity index (χ3n) is 1.04. The van der Waals surface area contributed by atoms with E-state index in [4.69, 9.17) is 0 Å². The molecule has 0 saturated carbocycles. The molecule has 1 unspecified atom stereocenters. The molecular weight excluding hydrogens is 108 g/mol. The van der Waals surface area contributed by atoms with Gasteiger partial charge < -0.3 is 4.74 Å². The van der Waals surface area contributed by atoms with E-state index in [0.717, 1.165) is 10.2 Å².